The van der Waals surface area contributed by atoms with E-state index in [-0.39, 0.29) is 18.0 Å². The molecule has 2 atom stereocenters. The average molecular weight is 143 g/mol. The summed E-state index contributed by atoms with van der Waals surface area (Å²) in [6.45, 7) is 0.702. The smallest absolute Gasteiger partial charge is 0.234 e. The maximum Gasteiger partial charge on any atom is 0.234 e. The van der Waals surface area contributed by atoms with Crippen molar-refractivity contribution in [1.29, 1.82) is 0 Å². The third-order valence-corrected chi connectivity index (χ3v) is 1.80. The molecule has 0 saturated carbocycles. The fraction of sp³-hybridized carbons (Fsp3) is 0.833. The Hall–Kier alpha value is -0.610. The average Bonchev–Trinajstić information content (AvgIpc) is 1.88. The number of carbonyl (C=O) groups excluding carboxylic acids is 1. The van der Waals surface area contributed by atoms with Crippen LogP contribution in [0.4, 0.5) is 0 Å². The number of nitrogens with one attached hydrogen (secondary N) is 1. The van der Waals surface area contributed by atoms with Crippen LogP contribution >= 0.6 is 0 Å². The van der Waals surface area contributed by atoms with Crippen LogP contribution in [0.25, 0.3) is 0 Å². The first kappa shape index (κ1) is 7.50. The van der Waals surface area contributed by atoms with E-state index in [4.69, 9.17) is 11.5 Å². The second-order valence-electron chi connectivity index (χ2n) is 2.70. The van der Waals surface area contributed by atoms with Crippen LogP contribution < -0.4 is 16.8 Å². The molecular weight excluding hydrogens is 130 g/mol. The van der Waals surface area contributed by atoms with Crippen molar-refractivity contribution >= 4 is 5.91 Å². The lowest BCUT2D eigenvalue weighted by molar-refractivity contribution is -0.120. The number of nitrogens with two attached hydrogens (primary N) is 2. The van der Waals surface area contributed by atoms with Gasteiger partial charge in [-0.2, -0.15) is 0 Å². The van der Waals surface area contributed by atoms with Gasteiger partial charge in [-0.05, 0) is 12.8 Å². The Morgan fingerprint density at radius 2 is 2.20 bits per heavy atom. The van der Waals surface area contributed by atoms with Crippen LogP contribution in [0.1, 0.15) is 12.8 Å². The van der Waals surface area contributed by atoms with Gasteiger partial charge in [0.25, 0.3) is 0 Å². The molecule has 1 rings (SSSR count). The minimum atomic E-state index is -0.271. The van der Waals surface area contributed by atoms with E-state index in [0.717, 1.165) is 12.8 Å². The molecule has 4 heteroatoms. The molecule has 4 nitrogen and oxygen atoms in total. The number of rotatable bonds is 1. The van der Waals surface area contributed by atoms with E-state index in [1.54, 1.807) is 0 Å². The van der Waals surface area contributed by atoms with Crippen LogP contribution in [-0.2, 0) is 4.79 Å². The highest BCUT2D eigenvalue weighted by Crippen LogP contribution is 2.04. The van der Waals surface area contributed by atoms with Crippen molar-refractivity contribution in [3.8, 4) is 0 Å². The Balaban J connectivity index is 2.33. The molecule has 0 radical (unpaired) electrons. The largest absolute Gasteiger partial charge is 0.368 e. The van der Waals surface area contributed by atoms with Gasteiger partial charge in [-0.15, -0.1) is 0 Å². The Morgan fingerprint density at radius 1 is 1.50 bits per heavy atom. The van der Waals surface area contributed by atoms with E-state index in [0.29, 0.717) is 6.54 Å². The number of carbonyl (C=O) groups is 1. The molecule has 1 amide bonds. The minimum absolute atomic E-state index is 0.153. The summed E-state index contributed by atoms with van der Waals surface area (Å²) in [4.78, 5) is 10.6. The first-order chi connectivity index (χ1) is 4.70. The van der Waals surface area contributed by atoms with Crippen LogP contribution in [0.2, 0.25) is 0 Å². The van der Waals surface area contributed by atoms with E-state index in [2.05, 4.69) is 5.32 Å². The SMILES string of the molecule is NC(=O)[C@H]1CC[C@@H](N)CN1. The second-order valence-corrected chi connectivity index (χ2v) is 2.70. The van der Waals surface area contributed by atoms with Crippen LogP contribution in [0.5, 0.6) is 0 Å². The van der Waals surface area contributed by atoms with Gasteiger partial charge < -0.3 is 16.8 Å². The van der Waals surface area contributed by atoms with E-state index in [1.807, 2.05) is 0 Å². The quantitative estimate of drug-likeness (QED) is 0.420. The van der Waals surface area contributed by atoms with Gasteiger partial charge in [0.05, 0.1) is 6.04 Å². The summed E-state index contributed by atoms with van der Waals surface area (Å²) in [6.07, 6.45) is 1.66. The van der Waals surface area contributed by atoms with Gasteiger partial charge in [-0.3, -0.25) is 4.79 Å². The van der Waals surface area contributed by atoms with Gasteiger partial charge in [-0.25, -0.2) is 0 Å². The first-order valence-corrected chi connectivity index (χ1v) is 3.48. The Kier molecular flexibility index (Phi) is 2.24. The lowest BCUT2D eigenvalue weighted by atomic mass is 10.0. The van der Waals surface area contributed by atoms with Gasteiger partial charge in [0.1, 0.15) is 0 Å². The molecule has 1 saturated heterocycles. The van der Waals surface area contributed by atoms with E-state index >= 15 is 0 Å². The Bertz CT molecular complexity index is 129. The molecule has 0 aromatic rings. The highest BCUT2D eigenvalue weighted by atomic mass is 16.1. The normalized spacial score (nSPS) is 33.7. The van der Waals surface area contributed by atoms with Gasteiger partial charge in [0, 0.05) is 12.6 Å². The van der Waals surface area contributed by atoms with Crippen LogP contribution in [0.15, 0.2) is 0 Å². The van der Waals surface area contributed by atoms with Crippen molar-refractivity contribution in [2.24, 2.45) is 11.5 Å². The fourth-order valence-electron chi connectivity index (χ4n) is 1.12. The summed E-state index contributed by atoms with van der Waals surface area (Å²) < 4.78 is 0. The van der Waals surface area contributed by atoms with Crippen molar-refractivity contribution in [2.75, 3.05) is 6.54 Å². The molecule has 1 fully saturated rings. The lowest BCUT2D eigenvalue weighted by Crippen LogP contribution is -2.50. The molecular formula is C6H13N3O. The fourth-order valence-corrected chi connectivity index (χ4v) is 1.12. The van der Waals surface area contributed by atoms with Crippen LogP contribution in [0, 0.1) is 0 Å². The summed E-state index contributed by atoms with van der Waals surface area (Å²) in [5.41, 5.74) is 10.7. The van der Waals surface area contributed by atoms with Crippen LogP contribution in [0.3, 0.4) is 0 Å². The highest BCUT2D eigenvalue weighted by Gasteiger charge is 2.21. The molecule has 0 aliphatic carbocycles. The Morgan fingerprint density at radius 3 is 2.60 bits per heavy atom. The lowest BCUT2D eigenvalue weighted by Gasteiger charge is -2.24. The third kappa shape index (κ3) is 1.68. The number of hydrogen-bond donors (Lipinski definition) is 3. The number of amides is 1. The minimum Gasteiger partial charge on any atom is -0.368 e. The molecule has 0 bridgehead atoms. The van der Waals surface area contributed by atoms with Gasteiger partial charge >= 0.3 is 0 Å². The van der Waals surface area contributed by atoms with Crippen LogP contribution in [-0.4, -0.2) is 24.5 Å². The molecule has 1 aliphatic rings. The second kappa shape index (κ2) is 2.98. The first-order valence-electron chi connectivity index (χ1n) is 3.48. The van der Waals surface area contributed by atoms with E-state index in [1.165, 1.54) is 0 Å². The molecule has 0 aromatic carbocycles. The third-order valence-electron chi connectivity index (χ3n) is 1.80. The zero-order chi connectivity index (χ0) is 7.56. The zero-order valence-electron chi connectivity index (χ0n) is 5.84. The van der Waals surface area contributed by atoms with E-state index < -0.39 is 0 Å². The summed E-state index contributed by atoms with van der Waals surface area (Å²) in [6, 6.07) is 0.0374. The summed E-state index contributed by atoms with van der Waals surface area (Å²) in [7, 11) is 0. The standard InChI is InChI=1S/C6H13N3O/c7-4-1-2-5(6(8)10)9-3-4/h4-5,9H,1-3,7H2,(H2,8,10)/t4-,5-/m1/s1. The molecule has 0 aromatic heterocycles. The summed E-state index contributed by atoms with van der Waals surface area (Å²) in [5, 5.41) is 2.97. The van der Waals surface area contributed by atoms with Gasteiger partial charge in [0.2, 0.25) is 5.91 Å². The number of piperidine rings is 1. The van der Waals surface area contributed by atoms with Crippen molar-refractivity contribution in [2.45, 2.75) is 24.9 Å². The molecule has 1 heterocycles. The molecule has 58 valence electrons. The van der Waals surface area contributed by atoms with Gasteiger partial charge in [0.15, 0.2) is 0 Å². The maximum absolute atomic E-state index is 10.6. The van der Waals surface area contributed by atoms with Crippen molar-refractivity contribution in [3.05, 3.63) is 0 Å². The zero-order valence-corrected chi connectivity index (χ0v) is 5.84. The number of primary amides is 1. The highest BCUT2D eigenvalue weighted by molar-refractivity contribution is 5.79. The molecule has 5 N–H and O–H groups in total. The number of hydrogen-bond acceptors (Lipinski definition) is 3. The predicted octanol–water partition coefficient (Wildman–Crippen LogP) is -1.45. The van der Waals surface area contributed by atoms with Crippen molar-refractivity contribution < 1.29 is 4.79 Å². The Labute approximate surface area is 59.9 Å². The monoisotopic (exact) mass is 143 g/mol. The van der Waals surface area contributed by atoms with Crippen molar-refractivity contribution in [3.63, 3.8) is 0 Å². The topological polar surface area (TPSA) is 81.1 Å². The molecule has 0 spiro atoms. The van der Waals surface area contributed by atoms with Crippen molar-refractivity contribution in [1.82, 2.24) is 5.32 Å². The summed E-state index contributed by atoms with van der Waals surface area (Å²) in [5.74, 6) is -0.271. The maximum atomic E-state index is 10.6. The molecule has 10 heavy (non-hydrogen) atoms. The molecule has 1 aliphatic heterocycles. The molecule has 0 unspecified atom stereocenters. The predicted molar refractivity (Wildman–Crippen MR) is 38.2 cm³/mol. The summed E-state index contributed by atoms with van der Waals surface area (Å²) >= 11 is 0. The van der Waals surface area contributed by atoms with E-state index in [9.17, 15) is 4.79 Å². The van der Waals surface area contributed by atoms with Gasteiger partial charge in [-0.1, -0.05) is 0 Å².